The third-order valence-electron chi connectivity index (χ3n) is 3.66. The second-order valence-electron chi connectivity index (χ2n) is 6.00. The van der Waals surface area contributed by atoms with E-state index in [4.69, 9.17) is 5.73 Å². The van der Waals surface area contributed by atoms with Gasteiger partial charge in [0.2, 0.25) is 0 Å². The first-order valence-electron chi connectivity index (χ1n) is 8.05. The molecule has 0 saturated carbocycles. The average molecular weight is 334 g/mol. The molecule has 0 aliphatic heterocycles. The molecule has 3 heteroatoms. The maximum atomic E-state index is 11.3. The Morgan fingerprint density at radius 3 is 2.08 bits per heavy atom. The molecule has 2 N–H and O–H groups in total. The smallest absolute Gasteiger partial charge is 0.159 e. The molecule has 0 fully saturated rings. The Morgan fingerprint density at radius 1 is 1.04 bits per heavy atom. The first-order valence-corrected chi connectivity index (χ1v) is 8.05. The van der Waals surface area contributed by atoms with E-state index in [-0.39, 0.29) is 5.78 Å². The van der Waals surface area contributed by atoms with E-state index in [1.807, 2.05) is 45.1 Å². The van der Waals surface area contributed by atoms with Gasteiger partial charge in [0, 0.05) is 11.8 Å². The van der Waals surface area contributed by atoms with Gasteiger partial charge in [0.25, 0.3) is 0 Å². The van der Waals surface area contributed by atoms with Crippen LogP contribution in [0.25, 0.3) is 5.57 Å². The van der Waals surface area contributed by atoms with Gasteiger partial charge in [0.15, 0.2) is 5.78 Å². The van der Waals surface area contributed by atoms with Crippen molar-refractivity contribution >= 4 is 17.6 Å². The van der Waals surface area contributed by atoms with E-state index >= 15 is 0 Å². The molecular formula is C22H26N2O. The topological polar surface area (TPSA) is 55.4 Å². The first kappa shape index (κ1) is 20.1. The lowest BCUT2D eigenvalue weighted by atomic mass is 10.0. The van der Waals surface area contributed by atoms with E-state index in [0.717, 1.165) is 22.3 Å². The van der Waals surface area contributed by atoms with Crippen molar-refractivity contribution in [1.29, 1.82) is 0 Å². The molecule has 1 aromatic rings. The number of nitrogens with zero attached hydrogens (tertiary/aromatic N) is 1. The van der Waals surface area contributed by atoms with Crippen molar-refractivity contribution in [3.63, 3.8) is 0 Å². The van der Waals surface area contributed by atoms with Gasteiger partial charge in [-0.15, -0.1) is 0 Å². The molecule has 0 atom stereocenters. The molecule has 0 unspecified atom stereocenters. The van der Waals surface area contributed by atoms with Gasteiger partial charge in [-0.2, -0.15) is 0 Å². The lowest BCUT2D eigenvalue weighted by Gasteiger charge is -2.05. The molecule has 0 radical (unpaired) electrons. The monoisotopic (exact) mass is 334 g/mol. The highest BCUT2D eigenvalue weighted by atomic mass is 16.1. The molecule has 0 saturated heterocycles. The van der Waals surface area contributed by atoms with Gasteiger partial charge in [0.05, 0.1) is 0 Å². The van der Waals surface area contributed by atoms with Crippen molar-refractivity contribution in [1.82, 2.24) is 0 Å². The van der Waals surface area contributed by atoms with Gasteiger partial charge >= 0.3 is 0 Å². The quantitative estimate of drug-likeness (QED) is 0.421. The number of hydrogen-bond acceptors (Lipinski definition) is 3. The number of benzene rings is 1. The van der Waals surface area contributed by atoms with E-state index < -0.39 is 0 Å². The van der Waals surface area contributed by atoms with E-state index in [2.05, 4.69) is 18.2 Å². The van der Waals surface area contributed by atoms with Gasteiger partial charge in [-0.3, -0.25) is 4.79 Å². The zero-order chi connectivity index (χ0) is 19.0. The molecule has 3 nitrogen and oxygen atoms in total. The summed E-state index contributed by atoms with van der Waals surface area (Å²) in [6.07, 6.45) is 7.36. The van der Waals surface area contributed by atoms with Crippen LogP contribution in [-0.4, -0.2) is 12.0 Å². The maximum absolute atomic E-state index is 11.3. The molecule has 130 valence electrons. The number of carbonyl (C=O) groups is 1. The molecular weight excluding hydrogens is 308 g/mol. The predicted molar refractivity (Wildman–Crippen MR) is 109 cm³/mol. The van der Waals surface area contributed by atoms with Crippen LogP contribution in [0.5, 0.6) is 0 Å². The largest absolute Gasteiger partial charge is 0.383 e. The molecule has 25 heavy (non-hydrogen) atoms. The fourth-order valence-electron chi connectivity index (χ4n) is 1.99. The minimum atomic E-state index is 0.0359. The van der Waals surface area contributed by atoms with E-state index in [1.54, 1.807) is 31.3 Å². The van der Waals surface area contributed by atoms with Crippen molar-refractivity contribution in [2.45, 2.75) is 27.7 Å². The highest BCUT2D eigenvalue weighted by Gasteiger charge is 2.02. The lowest BCUT2D eigenvalue weighted by molar-refractivity contribution is 0.101. The van der Waals surface area contributed by atoms with Crippen LogP contribution in [0.3, 0.4) is 0 Å². The van der Waals surface area contributed by atoms with Gasteiger partial charge in [-0.25, -0.2) is 4.99 Å². The summed E-state index contributed by atoms with van der Waals surface area (Å²) in [5.41, 5.74) is 11.3. The third kappa shape index (κ3) is 6.22. The lowest BCUT2D eigenvalue weighted by Crippen LogP contribution is -2.00. The molecule has 0 bridgehead atoms. The van der Waals surface area contributed by atoms with Crippen LogP contribution in [0.1, 0.15) is 43.6 Å². The Balaban J connectivity index is 2.99. The summed E-state index contributed by atoms with van der Waals surface area (Å²) in [5.74, 6) is 0.448. The number of carbonyl (C=O) groups excluding carboxylic acids is 1. The molecule has 1 rings (SSSR count). The fraction of sp³-hybridized carbons (Fsp3) is 0.182. The number of Topliss-reactive ketones (excluding diaryl/α,β-unsaturated/α-hetero) is 1. The Hall–Kier alpha value is -2.94. The SMILES string of the molecule is C=CC(=C\C=C(C)C)/C(C)=C(N)/N=C\C(=C)c1ccc(C(C)=O)cc1. The van der Waals surface area contributed by atoms with E-state index in [1.165, 1.54) is 5.57 Å². The molecule has 0 amide bonds. The Morgan fingerprint density at radius 2 is 1.60 bits per heavy atom. The number of nitrogens with two attached hydrogens (primary N) is 1. The number of allylic oxidation sites excluding steroid dienone is 7. The second kappa shape index (κ2) is 9.38. The molecule has 1 aromatic carbocycles. The zero-order valence-corrected chi connectivity index (χ0v) is 15.5. The average Bonchev–Trinajstić information content (AvgIpc) is 2.59. The Labute approximate surface area is 150 Å². The first-order chi connectivity index (χ1) is 11.8. The van der Waals surface area contributed by atoms with Crippen LogP contribution in [0.4, 0.5) is 0 Å². The van der Waals surface area contributed by atoms with Gasteiger partial charge < -0.3 is 5.73 Å². The standard InChI is InChI=1S/C22H26N2O/c1-7-19(9-8-15(2)3)17(5)22(23)24-14-16(4)20-10-12-21(13-11-20)18(6)25/h7-14H,1,4,23H2,2-3,5-6H3/b19-9+,22-17+,24-14-. The minimum absolute atomic E-state index is 0.0359. The van der Waals surface area contributed by atoms with Crippen LogP contribution in [0.15, 0.2) is 83.2 Å². The number of hydrogen-bond donors (Lipinski definition) is 1. The summed E-state index contributed by atoms with van der Waals surface area (Å²) in [4.78, 5) is 15.6. The van der Waals surface area contributed by atoms with Crippen LogP contribution in [0.2, 0.25) is 0 Å². The van der Waals surface area contributed by atoms with Crippen molar-refractivity contribution < 1.29 is 4.79 Å². The van der Waals surface area contributed by atoms with Crippen molar-refractivity contribution in [3.8, 4) is 0 Å². The van der Waals surface area contributed by atoms with Crippen molar-refractivity contribution in [2.24, 2.45) is 10.7 Å². The summed E-state index contributed by atoms with van der Waals surface area (Å²) < 4.78 is 0. The van der Waals surface area contributed by atoms with E-state index in [9.17, 15) is 4.79 Å². The minimum Gasteiger partial charge on any atom is -0.383 e. The molecule has 0 aliphatic carbocycles. The highest BCUT2D eigenvalue weighted by Crippen LogP contribution is 2.16. The van der Waals surface area contributed by atoms with Crippen molar-refractivity contribution in [2.75, 3.05) is 0 Å². The van der Waals surface area contributed by atoms with Gasteiger partial charge in [-0.1, -0.05) is 61.2 Å². The Kier molecular flexibility index (Phi) is 7.54. The molecule has 0 aliphatic rings. The summed E-state index contributed by atoms with van der Waals surface area (Å²) >= 11 is 0. The third-order valence-corrected chi connectivity index (χ3v) is 3.66. The van der Waals surface area contributed by atoms with Gasteiger partial charge in [0.1, 0.15) is 5.82 Å². The summed E-state index contributed by atoms with van der Waals surface area (Å²) in [7, 11) is 0. The van der Waals surface area contributed by atoms with Crippen LogP contribution in [0, 0.1) is 0 Å². The molecule has 0 spiro atoms. The summed E-state index contributed by atoms with van der Waals surface area (Å²) in [6, 6.07) is 7.25. The normalized spacial score (nSPS) is 12.6. The van der Waals surface area contributed by atoms with Crippen LogP contribution < -0.4 is 5.73 Å². The van der Waals surface area contributed by atoms with Crippen LogP contribution >= 0.6 is 0 Å². The predicted octanol–water partition coefficient (Wildman–Crippen LogP) is 5.24. The fourth-order valence-corrected chi connectivity index (χ4v) is 1.99. The van der Waals surface area contributed by atoms with E-state index in [0.29, 0.717) is 11.4 Å². The number of rotatable bonds is 7. The summed E-state index contributed by atoms with van der Waals surface area (Å²) in [6.45, 7) is 15.3. The Bertz CT molecular complexity index is 784. The van der Waals surface area contributed by atoms with Crippen molar-refractivity contribution in [3.05, 3.63) is 89.3 Å². The molecule has 0 heterocycles. The maximum Gasteiger partial charge on any atom is 0.159 e. The number of aliphatic imine (C=N–C) groups is 1. The highest BCUT2D eigenvalue weighted by molar-refractivity contribution is 6.09. The molecule has 0 aromatic heterocycles. The number of ketones is 1. The zero-order valence-electron chi connectivity index (χ0n) is 15.5. The summed E-state index contributed by atoms with van der Waals surface area (Å²) in [5, 5.41) is 0. The van der Waals surface area contributed by atoms with Gasteiger partial charge in [-0.05, 0) is 50.0 Å². The second-order valence-corrected chi connectivity index (χ2v) is 6.00. The van der Waals surface area contributed by atoms with Crippen LogP contribution in [-0.2, 0) is 0 Å².